The molecule has 6 nitrogen and oxygen atoms in total. The molecule has 0 aromatic carbocycles. The van der Waals surface area contributed by atoms with Crippen LogP contribution in [0.15, 0.2) is 24.7 Å². The van der Waals surface area contributed by atoms with Crippen LogP contribution < -0.4 is 5.32 Å². The molecule has 2 aromatic heterocycles. The van der Waals surface area contributed by atoms with Crippen LogP contribution in [0.5, 0.6) is 0 Å². The van der Waals surface area contributed by atoms with E-state index in [-0.39, 0.29) is 5.91 Å². The van der Waals surface area contributed by atoms with Gasteiger partial charge >= 0.3 is 0 Å². The van der Waals surface area contributed by atoms with Gasteiger partial charge in [0.1, 0.15) is 0 Å². The highest BCUT2D eigenvalue weighted by Crippen LogP contribution is 2.05. The molecule has 0 unspecified atom stereocenters. The Morgan fingerprint density at radius 2 is 2.05 bits per heavy atom. The highest BCUT2D eigenvalue weighted by atomic mass is 16.1. The van der Waals surface area contributed by atoms with E-state index < -0.39 is 0 Å². The average molecular weight is 287 g/mol. The van der Waals surface area contributed by atoms with Gasteiger partial charge in [-0.15, -0.1) is 0 Å². The highest BCUT2D eigenvalue weighted by Gasteiger charge is 2.05. The molecule has 21 heavy (non-hydrogen) atoms. The number of nitrogens with zero attached hydrogens (tertiary/aromatic N) is 4. The second kappa shape index (κ2) is 6.88. The molecule has 0 radical (unpaired) electrons. The van der Waals surface area contributed by atoms with E-state index in [2.05, 4.69) is 15.5 Å². The lowest BCUT2D eigenvalue weighted by molar-refractivity contribution is -0.116. The van der Waals surface area contributed by atoms with E-state index in [9.17, 15) is 4.79 Å². The lowest BCUT2D eigenvalue weighted by Crippen LogP contribution is -2.20. The van der Waals surface area contributed by atoms with Crippen LogP contribution in [0.2, 0.25) is 0 Å². The predicted molar refractivity (Wildman–Crippen MR) is 81.4 cm³/mol. The first-order valence-corrected chi connectivity index (χ1v) is 7.13. The van der Waals surface area contributed by atoms with Gasteiger partial charge in [0.2, 0.25) is 5.91 Å². The van der Waals surface area contributed by atoms with Crippen molar-refractivity contribution in [3.05, 3.63) is 41.5 Å². The summed E-state index contributed by atoms with van der Waals surface area (Å²) in [5.41, 5.74) is 2.91. The molecule has 0 atom stereocenters. The molecule has 112 valence electrons. The Bertz CT molecular complexity index is 638. The number of hydrogen-bond donors (Lipinski definition) is 1. The number of carbonyl (C=O) groups excluding carboxylic acids is 1. The minimum atomic E-state index is -0.122. The van der Waals surface area contributed by atoms with Gasteiger partial charge in [0.05, 0.1) is 11.9 Å². The lowest BCUT2D eigenvalue weighted by Gasteiger charge is -2.00. The van der Waals surface area contributed by atoms with Crippen molar-refractivity contribution in [3.63, 3.8) is 0 Å². The fourth-order valence-corrected chi connectivity index (χ4v) is 1.95. The van der Waals surface area contributed by atoms with Crippen molar-refractivity contribution >= 4 is 12.0 Å². The van der Waals surface area contributed by atoms with Gasteiger partial charge in [-0.2, -0.15) is 10.2 Å². The van der Waals surface area contributed by atoms with Gasteiger partial charge in [-0.3, -0.25) is 14.2 Å². The number of nitrogens with one attached hydrogen (secondary N) is 1. The summed E-state index contributed by atoms with van der Waals surface area (Å²) in [6.07, 6.45) is 8.89. The van der Waals surface area contributed by atoms with Crippen LogP contribution in [0.25, 0.3) is 6.08 Å². The van der Waals surface area contributed by atoms with Gasteiger partial charge in [-0.25, -0.2) is 0 Å². The standard InChI is InChI=1S/C15H21N5O/c1-4-19-10-13(8-17-19)6-7-15(21)16-9-14-11-20(5-2)18-12(14)3/h6-8,10-11H,4-5,9H2,1-3H3,(H,16,21)/b7-6+. The van der Waals surface area contributed by atoms with Crippen LogP contribution in [-0.4, -0.2) is 25.5 Å². The Hall–Kier alpha value is -2.37. The van der Waals surface area contributed by atoms with Gasteiger partial charge < -0.3 is 5.32 Å². The van der Waals surface area contributed by atoms with E-state index >= 15 is 0 Å². The molecule has 1 N–H and O–H groups in total. The third-order valence-corrected chi connectivity index (χ3v) is 3.23. The summed E-state index contributed by atoms with van der Waals surface area (Å²) < 4.78 is 3.69. The summed E-state index contributed by atoms with van der Waals surface area (Å²) in [6, 6.07) is 0. The number of rotatable bonds is 6. The summed E-state index contributed by atoms with van der Waals surface area (Å²) in [5.74, 6) is -0.122. The lowest BCUT2D eigenvalue weighted by atomic mass is 10.2. The first-order chi connectivity index (χ1) is 10.1. The number of carbonyl (C=O) groups is 1. The number of aryl methyl sites for hydroxylation is 3. The zero-order valence-corrected chi connectivity index (χ0v) is 12.7. The molecule has 2 aromatic rings. The van der Waals surface area contributed by atoms with Gasteiger partial charge in [-0.1, -0.05) is 0 Å². The normalized spacial score (nSPS) is 11.2. The van der Waals surface area contributed by atoms with E-state index in [1.807, 2.05) is 42.5 Å². The van der Waals surface area contributed by atoms with E-state index in [0.717, 1.165) is 29.9 Å². The van der Waals surface area contributed by atoms with Crippen molar-refractivity contribution in [3.8, 4) is 0 Å². The molecule has 0 bridgehead atoms. The van der Waals surface area contributed by atoms with Crippen molar-refractivity contribution in [2.75, 3.05) is 0 Å². The third-order valence-electron chi connectivity index (χ3n) is 3.23. The Morgan fingerprint density at radius 1 is 1.29 bits per heavy atom. The molecule has 6 heteroatoms. The van der Waals surface area contributed by atoms with Gasteiger partial charge in [-0.05, 0) is 26.8 Å². The van der Waals surface area contributed by atoms with Crippen LogP contribution in [0.1, 0.15) is 30.7 Å². The molecular weight excluding hydrogens is 266 g/mol. The maximum absolute atomic E-state index is 11.8. The van der Waals surface area contributed by atoms with E-state index in [1.165, 1.54) is 6.08 Å². The molecule has 0 aliphatic heterocycles. The first-order valence-electron chi connectivity index (χ1n) is 7.13. The molecule has 2 heterocycles. The molecule has 2 rings (SSSR count). The van der Waals surface area contributed by atoms with Crippen LogP contribution >= 0.6 is 0 Å². The topological polar surface area (TPSA) is 64.7 Å². The molecule has 0 fully saturated rings. The Morgan fingerprint density at radius 3 is 2.67 bits per heavy atom. The van der Waals surface area contributed by atoms with Crippen LogP contribution in [0.4, 0.5) is 0 Å². The Balaban J connectivity index is 1.88. The summed E-state index contributed by atoms with van der Waals surface area (Å²) in [7, 11) is 0. The number of aromatic nitrogens is 4. The molecule has 0 aliphatic rings. The van der Waals surface area contributed by atoms with Crippen LogP contribution in [-0.2, 0) is 24.4 Å². The summed E-state index contributed by atoms with van der Waals surface area (Å²) in [6.45, 7) is 8.14. The molecule has 0 saturated carbocycles. The van der Waals surface area contributed by atoms with Gasteiger partial charge in [0.25, 0.3) is 0 Å². The highest BCUT2D eigenvalue weighted by molar-refractivity contribution is 5.91. The number of hydrogen-bond acceptors (Lipinski definition) is 3. The quantitative estimate of drug-likeness (QED) is 0.823. The first kappa shape index (κ1) is 15.0. The van der Waals surface area contributed by atoms with Crippen LogP contribution in [0.3, 0.4) is 0 Å². The zero-order chi connectivity index (χ0) is 15.2. The van der Waals surface area contributed by atoms with Gasteiger partial charge in [0.15, 0.2) is 0 Å². The van der Waals surface area contributed by atoms with E-state index in [0.29, 0.717) is 6.54 Å². The summed E-state index contributed by atoms with van der Waals surface area (Å²) in [4.78, 5) is 11.8. The largest absolute Gasteiger partial charge is 0.348 e. The Kier molecular flexibility index (Phi) is 4.92. The fourth-order valence-electron chi connectivity index (χ4n) is 1.95. The molecule has 0 aliphatic carbocycles. The molecular formula is C15H21N5O. The van der Waals surface area contributed by atoms with Crippen molar-refractivity contribution in [1.29, 1.82) is 0 Å². The number of amides is 1. The van der Waals surface area contributed by atoms with Crippen molar-refractivity contribution in [2.45, 2.75) is 40.4 Å². The van der Waals surface area contributed by atoms with Crippen molar-refractivity contribution in [1.82, 2.24) is 24.9 Å². The monoisotopic (exact) mass is 287 g/mol. The predicted octanol–water partition coefficient (Wildman–Crippen LogP) is 1.76. The fraction of sp³-hybridized carbons (Fsp3) is 0.400. The van der Waals surface area contributed by atoms with E-state index in [4.69, 9.17) is 0 Å². The summed E-state index contributed by atoms with van der Waals surface area (Å²) >= 11 is 0. The van der Waals surface area contributed by atoms with Crippen molar-refractivity contribution in [2.24, 2.45) is 0 Å². The third kappa shape index (κ3) is 4.05. The second-order valence-electron chi connectivity index (χ2n) is 4.78. The maximum Gasteiger partial charge on any atom is 0.244 e. The summed E-state index contributed by atoms with van der Waals surface area (Å²) in [5, 5.41) is 11.4. The maximum atomic E-state index is 11.8. The minimum Gasteiger partial charge on any atom is -0.348 e. The van der Waals surface area contributed by atoms with Crippen molar-refractivity contribution < 1.29 is 4.79 Å². The van der Waals surface area contributed by atoms with E-state index in [1.54, 1.807) is 12.3 Å². The molecule has 1 amide bonds. The SMILES string of the molecule is CCn1cc(/C=C/C(=O)NCc2cn(CC)nc2C)cn1. The zero-order valence-electron chi connectivity index (χ0n) is 12.7. The van der Waals surface area contributed by atoms with Gasteiger partial charge in [0, 0.05) is 49.2 Å². The second-order valence-corrected chi connectivity index (χ2v) is 4.78. The molecule has 0 saturated heterocycles. The smallest absolute Gasteiger partial charge is 0.244 e. The Labute approximate surface area is 124 Å². The van der Waals surface area contributed by atoms with Crippen LogP contribution in [0, 0.1) is 6.92 Å². The molecule has 0 spiro atoms. The minimum absolute atomic E-state index is 0.122. The average Bonchev–Trinajstić information content (AvgIpc) is 3.09.